The lowest BCUT2D eigenvalue weighted by atomic mass is 9.97. The van der Waals surface area contributed by atoms with Gasteiger partial charge in [-0.2, -0.15) is 0 Å². The van der Waals surface area contributed by atoms with E-state index >= 15 is 0 Å². The van der Waals surface area contributed by atoms with Gasteiger partial charge >= 0.3 is 5.97 Å². The first-order valence-corrected chi connectivity index (χ1v) is 9.31. The van der Waals surface area contributed by atoms with E-state index < -0.39 is 0 Å². The number of ether oxygens (including phenoxy) is 1. The van der Waals surface area contributed by atoms with Crippen LogP contribution in [0.15, 0.2) is 42.6 Å². The highest BCUT2D eigenvalue weighted by Gasteiger charge is 2.29. The van der Waals surface area contributed by atoms with Gasteiger partial charge in [-0.05, 0) is 49.6 Å². The molecule has 3 rings (SSSR count). The molecule has 1 aromatic carbocycles. The summed E-state index contributed by atoms with van der Waals surface area (Å²) < 4.78 is 7.03. The Morgan fingerprint density at radius 3 is 2.50 bits per heavy atom. The van der Waals surface area contributed by atoms with Gasteiger partial charge in [-0.3, -0.25) is 9.59 Å². The van der Waals surface area contributed by atoms with E-state index in [1.807, 2.05) is 59.0 Å². The second-order valence-corrected chi connectivity index (χ2v) is 6.90. The molecule has 0 unspecified atom stereocenters. The summed E-state index contributed by atoms with van der Waals surface area (Å²) in [6, 6.07) is 11.3. The molecule has 2 heterocycles. The van der Waals surface area contributed by atoms with Gasteiger partial charge in [0, 0.05) is 30.9 Å². The predicted molar refractivity (Wildman–Crippen MR) is 100 cm³/mol. The topological polar surface area (TPSA) is 51.5 Å². The van der Waals surface area contributed by atoms with Crippen LogP contribution in [0.25, 0.3) is 0 Å². The molecule has 1 aliphatic rings. The summed E-state index contributed by atoms with van der Waals surface area (Å²) in [5.41, 5.74) is 1.75. The molecule has 0 spiro atoms. The zero-order valence-corrected chi connectivity index (χ0v) is 15.6. The Morgan fingerprint density at radius 1 is 1.15 bits per heavy atom. The van der Waals surface area contributed by atoms with E-state index in [-0.39, 0.29) is 17.8 Å². The number of halogens is 1. The minimum absolute atomic E-state index is 0.00581. The normalized spacial score (nSPS) is 15.1. The molecule has 6 heteroatoms. The van der Waals surface area contributed by atoms with E-state index in [1.54, 1.807) is 0 Å². The second kappa shape index (κ2) is 8.41. The molecule has 2 aromatic rings. The molecule has 5 nitrogen and oxygen atoms in total. The molecule has 1 aromatic heterocycles. The maximum atomic E-state index is 12.9. The van der Waals surface area contributed by atoms with Crippen molar-refractivity contribution in [1.82, 2.24) is 9.47 Å². The van der Waals surface area contributed by atoms with E-state index in [4.69, 9.17) is 16.3 Å². The Hall–Kier alpha value is -2.27. The Morgan fingerprint density at radius 2 is 1.85 bits per heavy atom. The van der Waals surface area contributed by atoms with Crippen molar-refractivity contribution in [2.24, 2.45) is 5.92 Å². The average molecular weight is 375 g/mol. The third-order valence-electron chi connectivity index (χ3n) is 4.72. The molecular formula is C20H23ClN2O3. The lowest BCUT2D eigenvalue weighted by molar-refractivity contribution is -0.149. The van der Waals surface area contributed by atoms with Crippen molar-refractivity contribution in [3.05, 3.63) is 58.9 Å². The Kier molecular flexibility index (Phi) is 5.99. The van der Waals surface area contributed by atoms with Gasteiger partial charge in [0.15, 0.2) is 0 Å². The number of carbonyl (C=O) groups is 2. The van der Waals surface area contributed by atoms with Crippen LogP contribution in [0.2, 0.25) is 5.02 Å². The van der Waals surface area contributed by atoms with Gasteiger partial charge in [0.1, 0.15) is 5.69 Å². The maximum Gasteiger partial charge on any atom is 0.309 e. The number of carbonyl (C=O) groups excluding carboxylic acids is 2. The van der Waals surface area contributed by atoms with E-state index in [0.29, 0.717) is 49.8 Å². The molecule has 0 N–H and O–H groups in total. The summed E-state index contributed by atoms with van der Waals surface area (Å²) in [5, 5.41) is 0.696. The minimum atomic E-state index is -0.147. The van der Waals surface area contributed by atoms with Crippen molar-refractivity contribution in [2.45, 2.75) is 26.3 Å². The molecule has 0 bridgehead atoms. The molecule has 26 heavy (non-hydrogen) atoms. The van der Waals surface area contributed by atoms with Gasteiger partial charge in [0.2, 0.25) is 0 Å². The molecule has 1 amide bonds. The summed E-state index contributed by atoms with van der Waals surface area (Å²) in [5.74, 6) is -0.239. The molecule has 138 valence electrons. The highest BCUT2D eigenvalue weighted by molar-refractivity contribution is 6.30. The third-order valence-corrected chi connectivity index (χ3v) is 4.97. The zero-order chi connectivity index (χ0) is 18.5. The van der Waals surface area contributed by atoms with Crippen LogP contribution in [0.3, 0.4) is 0 Å². The summed E-state index contributed by atoms with van der Waals surface area (Å²) >= 11 is 5.93. The molecule has 0 radical (unpaired) electrons. The molecule has 0 atom stereocenters. The Bertz CT molecular complexity index is 762. The van der Waals surface area contributed by atoms with Gasteiger partial charge in [-0.1, -0.05) is 23.7 Å². The first-order chi connectivity index (χ1) is 12.6. The number of piperidine rings is 1. The molecule has 1 saturated heterocycles. The summed E-state index contributed by atoms with van der Waals surface area (Å²) in [6.07, 6.45) is 3.22. The van der Waals surface area contributed by atoms with Crippen molar-refractivity contribution >= 4 is 23.5 Å². The van der Waals surface area contributed by atoms with Crippen molar-refractivity contribution in [3.63, 3.8) is 0 Å². The van der Waals surface area contributed by atoms with Crippen LogP contribution in [0.4, 0.5) is 0 Å². The highest BCUT2D eigenvalue weighted by Crippen LogP contribution is 2.21. The van der Waals surface area contributed by atoms with Crippen LogP contribution < -0.4 is 0 Å². The van der Waals surface area contributed by atoms with Gasteiger partial charge in [0.05, 0.1) is 12.5 Å². The fourth-order valence-corrected chi connectivity index (χ4v) is 3.40. The number of likely N-dealkylation sites (tertiary alicyclic amines) is 1. The lowest BCUT2D eigenvalue weighted by Gasteiger charge is -2.31. The number of nitrogens with zero attached hydrogens (tertiary/aromatic N) is 2. The minimum Gasteiger partial charge on any atom is -0.466 e. The molecule has 1 fully saturated rings. The highest BCUT2D eigenvalue weighted by atomic mass is 35.5. The number of esters is 1. The van der Waals surface area contributed by atoms with E-state index in [2.05, 4.69) is 0 Å². The van der Waals surface area contributed by atoms with Crippen molar-refractivity contribution in [1.29, 1.82) is 0 Å². The number of hydrogen-bond acceptors (Lipinski definition) is 3. The van der Waals surface area contributed by atoms with E-state index in [1.165, 1.54) is 0 Å². The van der Waals surface area contributed by atoms with Crippen LogP contribution in [-0.4, -0.2) is 41.0 Å². The van der Waals surface area contributed by atoms with Crippen molar-refractivity contribution in [2.75, 3.05) is 19.7 Å². The molecular weight excluding hydrogens is 352 g/mol. The van der Waals surface area contributed by atoms with Crippen LogP contribution in [0, 0.1) is 5.92 Å². The van der Waals surface area contributed by atoms with Gasteiger partial charge in [-0.15, -0.1) is 0 Å². The number of hydrogen-bond donors (Lipinski definition) is 0. The second-order valence-electron chi connectivity index (χ2n) is 6.47. The standard InChI is InChI=1S/C20H23ClN2O3/c1-2-26-20(25)16-9-12-22(13-10-16)19(24)18-4-3-11-23(18)14-15-5-7-17(21)8-6-15/h3-8,11,16H,2,9-10,12-14H2,1H3. The van der Waals surface area contributed by atoms with Crippen LogP contribution in [0.1, 0.15) is 35.8 Å². The fraction of sp³-hybridized carbons (Fsp3) is 0.400. The average Bonchev–Trinajstić information content (AvgIpc) is 3.11. The van der Waals surface area contributed by atoms with Gasteiger partial charge < -0.3 is 14.2 Å². The van der Waals surface area contributed by atoms with Gasteiger partial charge in [0.25, 0.3) is 5.91 Å². The van der Waals surface area contributed by atoms with Crippen molar-refractivity contribution in [3.8, 4) is 0 Å². The summed E-state index contributed by atoms with van der Waals surface area (Å²) in [6.45, 7) is 3.98. The van der Waals surface area contributed by atoms with Crippen LogP contribution >= 0.6 is 11.6 Å². The smallest absolute Gasteiger partial charge is 0.309 e. The number of aromatic nitrogens is 1. The first kappa shape index (κ1) is 18.5. The van der Waals surface area contributed by atoms with E-state index in [9.17, 15) is 9.59 Å². The molecule has 0 aliphatic carbocycles. The number of rotatable bonds is 5. The lowest BCUT2D eigenvalue weighted by Crippen LogP contribution is -2.41. The van der Waals surface area contributed by atoms with Crippen LogP contribution in [-0.2, 0) is 16.1 Å². The third kappa shape index (κ3) is 4.28. The quantitative estimate of drug-likeness (QED) is 0.751. The largest absolute Gasteiger partial charge is 0.466 e. The van der Waals surface area contributed by atoms with Crippen LogP contribution in [0.5, 0.6) is 0 Å². The Balaban J connectivity index is 1.63. The maximum absolute atomic E-state index is 12.9. The number of benzene rings is 1. The van der Waals surface area contributed by atoms with Gasteiger partial charge in [-0.25, -0.2) is 0 Å². The SMILES string of the molecule is CCOC(=O)C1CCN(C(=O)c2cccn2Cc2ccc(Cl)cc2)CC1. The zero-order valence-electron chi connectivity index (χ0n) is 14.9. The summed E-state index contributed by atoms with van der Waals surface area (Å²) in [7, 11) is 0. The van der Waals surface area contributed by atoms with E-state index in [0.717, 1.165) is 5.56 Å². The Labute approximate surface area is 158 Å². The molecule has 1 aliphatic heterocycles. The monoisotopic (exact) mass is 374 g/mol. The summed E-state index contributed by atoms with van der Waals surface area (Å²) in [4.78, 5) is 26.6. The fourth-order valence-electron chi connectivity index (χ4n) is 3.27. The van der Waals surface area contributed by atoms with Crippen molar-refractivity contribution < 1.29 is 14.3 Å². The first-order valence-electron chi connectivity index (χ1n) is 8.94. The molecule has 0 saturated carbocycles. The number of amides is 1. The predicted octanol–water partition coefficient (Wildman–Crippen LogP) is 3.61.